The van der Waals surface area contributed by atoms with Gasteiger partial charge in [0.1, 0.15) is 23.0 Å². The summed E-state index contributed by atoms with van der Waals surface area (Å²) >= 11 is 6.60. The predicted molar refractivity (Wildman–Crippen MR) is 146 cm³/mol. The summed E-state index contributed by atoms with van der Waals surface area (Å²) in [7, 11) is 4.75. The lowest BCUT2D eigenvalue weighted by molar-refractivity contribution is -0.118. The molecule has 6 atom stereocenters. The van der Waals surface area contributed by atoms with Crippen molar-refractivity contribution in [3.8, 4) is 5.75 Å². The summed E-state index contributed by atoms with van der Waals surface area (Å²) in [5.74, 6) is 0.0872. The summed E-state index contributed by atoms with van der Waals surface area (Å²) < 4.78 is 22.4. The second-order valence-electron chi connectivity index (χ2n) is 10.3. The number of benzene rings is 1. The number of ether oxygens (including phenoxy) is 4. The Morgan fingerprint density at radius 3 is 2.66 bits per heavy atom. The van der Waals surface area contributed by atoms with Crippen LogP contribution in [0.4, 0.5) is 10.5 Å². The first-order valence-electron chi connectivity index (χ1n) is 12.7. The first-order valence-corrected chi connectivity index (χ1v) is 13.1. The number of primary amides is 1. The molecule has 210 valence electrons. The van der Waals surface area contributed by atoms with E-state index in [1.807, 2.05) is 45.1 Å². The summed E-state index contributed by atoms with van der Waals surface area (Å²) in [4.78, 5) is 26.4. The van der Waals surface area contributed by atoms with Crippen LogP contribution in [0.1, 0.15) is 45.6 Å². The SMILES string of the molecule is COc1cc2cc(c1Cl)N(C)C(=O)CC[C@]1(C)OC1[C@H](C)[C@@H](OC(N)=O)CC(O)[C@H](OC)/C=C/C=C(\C)C2. The van der Waals surface area contributed by atoms with E-state index < -0.39 is 30.0 Å². The first-order chi connectivity index (χ1) is 17.9. The fourth-order valence-electron chi connectivity index (χ4n) is 5.07. The third-order valence-corrected chi connectivity index (χ3v) is 7.81. The van der Waals surface area contributed by atoms with Gasteiger partial charge in [-0.2, -0.15) is 0 Å². The Labute approximate surface area is 229 Å². The lowest BCUT2D eigenvalue weighted by atomic mass is 9.87. The van der Waals surface area contributed by atoms with Crippen molar-refractivity contribution in [2.24, 2.45) is 11.7 Å². The van der Waals surface area contributed by atoms with E-state index in [9.17, 15) is 14.7 Å². The van der Waals surface area contributed by atoms with Gasteiger partial charge in [0.25, 0.3) is 0 Å². The fraction of sp³-hybridized carbons (Fsp3) is 0.571. The molecular formula is C28H39ClN2O7. The molecule has 2 bridgehead atoms. The van der Waals surface area contributed by atoms with Gasteiger partial charge in [-0.25, -0.2) is 4.79 Å². The predicted octanol–water partition coefficient (Wildman–Crippen LogP) is 4.17. The van der Waals surface area contributed by atoms with Crippen LogP contribution in [0.15, 0.2) is 35.9 Å². The van der Waals surface area contributed by atoms with E-state index in [2.05, 4.69) is 0 Å². The van der Waals surface area contributed by atoms with Gasteiger partial charge in [0, 0.05) is 32.9 Å². The summed E-state index contributed by atoms with van der Waals surface area (Å²) in [6.07, 6.45) is 3.37. The lowest BCUT2D eigenvalue weighted by Gasteiger charge is -2.27. The van der Waals surface area contributed by atoms with Crippen molar-refractivity contribution in [1.82, 2.24) is 0 Å². The largest absolute Gasteiger partial charge is 0.495 e. The molecule has 2 aliphatic heterocycles. The van der Waals surface area contributed by atoms with Gasteiger partial charge in [-0.1, -0.05) is 42.3 Å². The maximum absolute atomic E-state index is 13.2. The Morgan fingerprint density at radius 2 is 2.03 bits per heavy atom. The number of anilines is 1. The van der Waals surface area contributed by atoms with Crippen LogP contribution < -0.4 is 15.4 Å². The Bertz CT molecular complexity index is 1090. The number of nitrogens with zero attached hydrogens (tertiary/aromatic N) is 1. The van der Waals surface area contributed by atoms with Crippen LogP contribution in [0.2, 0.25) is 5.02 Å². The highest BCUT2D eigenvalue weighted by Crippen LogP contribution is 2.47. The molecule has 1 aromatic rings. The van der Waals surface area contributed by atoms with E-state index in [0.717, 1.165) is 11.1 Å². The number of methoxy groups -OCH3 is 2. The number of rotatable bonds is 3. The molecule has 38 heavy (non-hydrogen) atoms. The van der Waals surface area contributed by atoms with Gasteiger partial charge in [0.15, 0.2) is 0 Å². The smallest absolute Gasteiger partial charge is 0.404 e. The quantitative estimate of drug-likeness (QED) is 0.541. The van der Waals surface area contributed by atoms with Crippen LogP contribution in [0.5, 0.6) is 5.75 Å². The van der Waals surface area contributed by atoms with Gasteiger partial charge in [-0.05, 0) is 44.4 Å². The second kappa shape index (κ2) is 12.5. The molecule has 0 radical (unpaired) electrons. The van der Waals surface area contributed by atoms with Crippen LogP contribution in [0.3, 0.4) is 0 Å². The van der Waals surface area contributed by atoms with E-state index in [1.165, 1.54) is 7.11 Å². The van der Waals surface area contributed by atoms with Crippen molar-refractivity contribution in [3.05, 3.63) is 46.5 Å². The van der Waals surface area contributed by atoms with Crippen molar-refractivity contribution >= 4 is 29.3 Å². The zero-order chi connectivity index (χ0) is 28.2. The number of hydrogen-bond donors (Lipinski definition) is 2. The molecule has 9 nitrogen and oxygen atoms in total. The number of hydrogen-bond acceptors (Lipinski definition) is 7. The highest BCUT2D eigenvalue weighted by molar-refractivity contribution is 6.35. The Kier molecular flexibility index (Phi) is 9.86. The Morgan fingerprint density at radius 1 is 1.32 bits per heavy atom. The monoisotopic (exact) mass is 550 g/mol. The van der Waals surface area contributed by atoms with Gasteiger partial charge >= 0.3 is 6.09 Å². The average molecular weight is 551 g/mol. The minimum Gasteiger partial charge on any atom is -0.495 e. The van der Waals surface area contributed by atoms with Gasteiger partial charge in [-0.3, -0.25) is 4.79 Å². The van der Waals surface area contributed by atoms with Crippen LogP contribution in [0.25, 0.3) is 0 Å². The number of aliphatic hydroxyl groups excluding tert-OH is 1. The van der Waals surface area contributed by atoms with Crippen molar-refractivity contribution in [3.63, 3.8) is 0 Å². The summed E-state index contributed by atoms with van der Waals surface area (Å²) in [5.41, 5.74) is 7.28. The van der Waals surface area contributed by atoms with E-state index in [1.54, 1.807) is 25.1 Å². The Balaban J connectivity index is 1.98. The molecule has 1 aromatic carbocycles. The molecular weight excluding hydrogens is 512 g/mol. The maximum Gasteiger partial charge on any atom is 0.404 e. The number of halogens is 1. The third-order valence-electron chi connectivity index (χ3n) is 7.43. The van der Waals surface area contributed by atoms with Crippen LogP contribution in [0, 0.1) is 5.92 Å². The summed E-state index contributed by atoms with van der Waals surface area (Å²) in [5, 5.41) is 11.3. The minimum absolute atomic E-state index is 0.109. The highest BCUT2D eigenvalue weighted by atomic mass is 35.5. The first kappa shape index (κ1) is 30.0. The number of allylic oxidation sites excluding steroid dienone is 3. The molecule has 2 amide bonds. The maximum atomic E-state index is 13.2. The molecule has 3 N–H and O–H groups in total. The summed E-state index contributed by atoms with van der Waals surface area (Å²) in [6.45, 7) is 5.79. The standard InChI is InChI=1S/C28H39ClN2O7/c1-16-8-7-9-21(35-5)20(32)15-22(37-27(30)34)17(2)26-28(3,38-26)11-10-24(33)31(4)19-13-18(12-16)14-23(36-6)25(19)29/h7-9,13-14,17,20-22,26,32H,10-12,15H2,1-6H3,(H2,30,34)/b9-7+,16-8+/t17-,20?,21-,22+,26?,28+/m1/s1. The zero-order valence-electron chi connectivity index (χ0n) is 22.9. The van der Waals surface area contributed by atoms with E-state index >= 15 is 0 Å². The number of amides is 2. The molecule has 0 saturated carbocycles. The molecule has 3 rings (SSSR count). The number of nitrogens with two attached hydrogens (primary N) is 1. The van der Waals surface area contributed by atoms with Crippen LogP contribution in [-0.2, 0) is 25.4 Å². The Hall–Kier alpha value is -2.59. The highest BCUT2D eigenvalue weighted by Gasteiger charge is 2.56. The van der Waals surface area contributed by atoms with Crippen molar-refractivity contribution in [1.29, 1.82) is 0 Å². The van der Waals surface area contributed by atoms with Crippen LogP contribution >= 0.6 is 11.6 Å². The van der Waals surface area contributed by atoms with Gasteiger partial charge < -0.3 is 34.7 Å². The minimum atomic E-state index is -0.956. The molecule has 0 spiro atoms. The van der Waals surface area contributed by atoms with Gasteiger partial charge in [-0.15, -0.1) is 0 Å². The molecule has 10 heteroatoms. The molecule has 0 aliphatic carbocycles. The molecule has 2 unspecified atom stereocenters. The topological polar surface area (TPSA) is 124 Å². The summed E-state index contributed by atoms with van der Waals surface area (Å²) in [6, 6.07) is 3.75. The number of carbonyl (C=O) groups is 2. The number of aliphatic hydroxyl groups is 1. The normalized spacial score (nSPS) is 33.1. The second-order valence-corrected chi connectivity index (χ2v) is 10.7. The van der Waals surface area contributed by atoms with Crippen LogP contribution in [-0.4, -0.2) is 68.4 Å². The number of fused-ring (bicyclic) bond motifs is 3. The molecule has 1 saturated heterocycles. The third kappa shape index (κ3) is 7.08. The fourth-order valence-corrected chi connectivity index (χ4v) is 5.38. The van der Waals surface area contributed by atoms with Crippen molar-refractivity contribution in [2.75, 3.05) is 26.2 Å². The molecule has 2 aliphatic rings. The number of carbonyl (C=O) groups excluding carboxylic acids is 2. The lowest BCUT2D eigenvalue weighted by Crippen LogP contribution is -2.39. The zero-order valence-corrected chi connectivity index (χ0v) is 23.7. The van der Waals surface area contributed by atoms with Crippen molar-refractivity contribution in [2.45, 2.75) is 76.5 Å². The van der Waals surface area contributed by atoms with Crippen molar-refractivity contribution < 1.29 is 33.6 Å². The van der Waals surface area contributed by atoms with E-state index in [4.69, 9.17) is 36.3 Å². The van der Waals surface area contributed by atoms with E-state index in [0.29, 0.717) is 29.3 Å². The molecule has 2 heterocycles. The number of epoxide rings is 1. The molecule has 1 fully saturated rings. The van der Waals surface area contributed by atoms with Gasteiger partial charge in [0.05, 0.1) is 30.6 Å². The average Bonchev–Trinajstić information content (AvgIpc) is 3.55. The molecule has 0 aromatic heterocycles. The van der Waals surface area contributed by atoms with Gasteiger partial charge in [0.2, 0.25) is 5.91 Å². The van der Waals surface area contributed by atoms with E-state index in [-0.39, 0.29) is 30.8 Å².